The van der Waals surface area contributed by atoms with Crippen molar-refractivity contribution in [2.24, 2.45) is 0 Å². The molecule has 3 N–H and O–H groups in total. The third-order valence-electron chi connectivity index (χ3n) is 3.11. The maximum atomic E-state index is 10.5. The first kappa shape index (κ1) is 14.7. The highest BCUT2D eigenvalue weighted by molar-refractivity contribution is 5.36. The van der Waals surface area contributed by atoms with Crippen LogP contribution in [0.15, 0.2) is 24.3 Å². The Morgan fingerprint density at radius 1 is 1.15 bits per heavy atom. The molecule has 1 aromatic rings. The predicted molar refractivity (Wildman–Crippen MR) is 66.1 cm³/mol. The van der Waals surface area contributed by atoms with E-state index in [4.69, 9.17) is 9.47 Å². The number of hydrogen-bond donors (Lipinski definition) is 3. The van der Waals surface area contributed by atoms with Gasteiger partial charge in [-0.2, -0.15) is 0 Å². The Hall–Kier alpha value is -1.74. The Balaban J connectivity index is 2.07. The number of nitro groups is 1. The van der Waals surface area contributed by atoms with Gasteiger partial charge in [-0.3, -0.25) is 10.1 Å². The first-order valence-electron chi connectivity index (χ1n) is 6.01. The Labute approximate surface area is 114 Å². The van der Waals surface area contributed by atoms with Crippen molar-refractivity contribution in [1.82, 2.24) is 0 Å². The van der Waals surface area contributed by atoms with Gasteiger partial charge in [0, 0.05) is 12.1 Å². The van der Waals surface area contributed by atoms with Crippen LogP contribution in [0.1, 0.15) is 6.92 Å². The van der Waals surface area contributed by atoms with Crippen molar-refractivity contribution in [3.05, 3.63) is 34.4 Å². The van der Waals surface area contributed by atoms with E-state index in [1.165, 1.54) is 31.2 Å². The quantitative estimate of drug-likeness (QED) is 0.519. The summed E-state index contributed by atoms with van der Waals surface area (Å²) >= 11 is 0. The zero-order valence-electron chi connectivity index (χ0n) is 10.6. The highest BCUT2D eigenvalue weighted by Crippen LogP contribution is 2.25. The third kappa shape index (κ3) is 2.88. The number of non-ortho nitro benzene ring substituents is 1. The van der Waals surface area contributed by atoms with Crippen molar-refractivity contribution in [2.45, 2.75) is 37.6 Å². The normalized spacial score (nSPS) is 33.7. The van der Waals surface area contributed by atoms with Gasteiger partial charge < -0.3 is 24.8 Å². The standard InChI is InChI=1S/C12H15NO7/c1-6-9(14)10(15)11(16)12(19-6)20-8-4-2-7(3-5-8)13(17)18/h2-6,9-12,14-16H,1H3/t6-,9+,10+,11-,12?/m0/s1. The van der Waals surface area contributed by atoms with Gasteiger partial charge in [0.1, 0.15) is 24.1 Å². The van der Waals surface area contributed by atoms with E-state index >= 15 is 0 Å². The minimum absolute atomic E-state index is 0.0914. The van der Waals surface area contributed by atoms with E-state index in [-0.39, 0.29) is 11.4 Å². The lowest BCUT2D eigenvalue weighted by Gasteiger charge is -2.38. The van der Waals surface area contributed by atoms with Crippen molar-refractivity contribution in [3.8, 4) is 5.75 Å². The Kier molecular flexibility index (Phi) is 4.19. The summed E-state index contributed by atoms with van der Waals surface area (Å²) < 4.78 is 10.6. The van der Waals surface area contributed by atoms with Gasteiger partial charge in [-0.25, -0.2) is 0 Å². The number of benzene rings is 1. The fourth-order valence-corrected chi connectivity index (χ4v) is 1.89. The number of aliphatic hydroxyl groups is 3. The Morgan fingerprint density at radius 3 is 2.30 bits per heavy atom. The first-order chi connectivity index (χ1) is 9.40. The number of nitro benzene ring substituents is 1. The summed E-state index contributed by atoms with van der Waals surface area (Å²) in [5.74, 6) is 0.246. The van der Waals surface area contributed by atoms with Gasteiger partial charge in [0.05, 0.1) is 11.0 Å². The van der Waals surface area contributed by atoms with Gasteiger partial charge in [0.15, 0.2) is 0 Å². The third-order valence-corrected chi connectivity index (χ3v) is 3.11. The Morgan fingerprint density at radius 2 is 1.75 bits per heavy atom. The molecular formula is C12H15NO7. The average Bonchev–Trinajstić information content (AvgIpc) is 2.43. The van der Waals surface area contributed by atoms with Crippen LogP contribution >= 0.6 is 0 Å². The highest BCUT2D eigenvalue weighted by Gasteiger charge is 2.43. The van der Waals surface area contributed by atoms with E-state index in [9.17, 15) is 25.4 Å². The molecule has 0 aromatic heterocycles. The molecule has 0 radical (unpaired) electrons. The number of aliphatic hydroxyl groups excluding tert-OH is 3. The summed E-state index contributed by atoms with van der Waals surface area (Å²) in [6.07, 6.45) is -5.89. The van der Waals surface area contributed by atoms with Gasteiger partial charge in [-0.05, 0) is 19.1 Å². The number of rotatable bonds is 3. The lowest BCUT2D eigenvalue weighted by atomic mass is 10.00. The molecule has 0 saturated carbocycles. The summed E-state index contributed by atoms with van der Waals surface area (Å²) in [6.45, 7) is 1.53. The zero-order valence-corrected chi connectivity index (χ0v) is 10.6. The predicted octanol–water partition coefficient (Wildman–Crippen LogP) is -0.199. The minimum atomic E-state index is -1.42. The molecule has 20 heavy (non-hydrogen) atoms. The van der Waals surface area contributed by atoms with Gasteiger partial charge in [0.25, 0.3) is 5.69 Å². The van der Waals surface area contributed by atoms with Crippen LogP contribution < -0.4 is 4.74 Å². The molecule has 1 aliphatic heterocycles. The molecule has 5 atom stereocenters. The molecule has 0 amide bonds. The summed E-state index contributed by atoms with van der Waals surface area (Å²) in [5, 5.41) is 39.4. The maximum absolute atomic E-state index is 10.5. The van der Waals surface area contributed by atoms with Crippen molar-refractivity contribution in [2.75, 3.05) is 0 Å². The molecule has 8 heteroatoms. The van der Waals surface area contributed by atoms with Crippen LogP contribution in [-0.4, -0.2) is 50.9 Å². The smallest absolute Gasteiger partial charge is 0.269 e. The molecule has 2 rings (SSSR count). The highest BCUT2D eigenvalue weighted by atomic mass is 16.7. The second-order valence-corrected chi connectivity index (χ2v) is 4.55. The Bertz CT molecular complexity index is 477. The summed E-state index contributed by atoms with van der Waals surface area (Å²) in [6, 6.07) is 5.21. The van der Waals surface area contributed by atoms with Crippen molar-refractivity contribution >= 4 is 5.69 Å². The molecular weight excluding hydrogens is 270 g/mol. The van der Waals surface area contributed by atoms with E-state index in [0.717, 1.165) is 0 Å². The van der Waals surface area contributed by atoms with Crippen LogP contribution in [-0.2, 0) is 4.74 Å². The van der Waals surface area contributed by atoms with Crippen molar-refractivity contribution in [3.63, 3.8) is 0 Å². The van der Waals surface area contributed by atoms with E-state index in [1.807, 2.05) is 0 Å². The van der Waals surface area contributed by atoms with Crippen LogP contribution in [0.25, 0.3) is 0 Å². The van der Waals surface area contributed by atoms with Gasteiger partial charge in [0.2, 0.25) is 6.29 Å². The van der Waals surface area contributed by atoms with Gasteiger partial charge in [-0.1, -0.05) is 0 Å². The van der Waals surface area contributed by atoms with E-state index < -0.39 is 35.6 Å². The molecule has 0 spiro atoms. The summed E-state index contributed by atoms with van der Waals surface area (Å²) in [5.41, 5.74) is -0.0914. The molecule has 0 bridgehead atoms. The summed E-state index contributed by atoms with van der Waals surface area (Å²) in [7, 11) is 0. The molecule has 1 aliphatic rings. The van der Waals surface area contributed by atoms with E-state index in [1.54, 1.807) is 0 Å². The van der Waals surface area contributed by atoms with Gasteiger partial charge >= 0.3 is 0 Å². The van der Waals surface area contributed by atoms with Crippen LogP contribution in [0.5, 0.6) is 5.75 Å². The van der Waals surface area contributed by atoms with E-state index in [2.05, 4.69) is 0 Å². The maximum Gasteiger partial charge on any atom is 0.269 e. The SMILES string of the molecule is C[C@@H]1OC(Oc2ccc([N+](=O)[O-])cc2)[C@@H](O)[C@H](O)[C@@H]1O. The fourth-order valence-electron chi connectivity index (χ4n) is 1.89. The lowest BCUT2D eigenvalue weighted by Crippen LogP contribution is -2.58. The first-order valence-corrected chi connectivity index (χ1v) is 6.01. The number of ether oxygens (including phenoxy) is 2. The topological polar surface area (TPSA) is 122 Å². The molecule has 8 nitrogen and oxygen atoms in total. The largest absolute Gasteiger partial charge is 0.462 e. The van der Waals surface area contributed by atoms with Gasteiger partial charge in [-0.15, -0.1) is 0 Å². The molecule has 110 valence electrons. The van der Waals surface area contributed by atoms with E-state index in [0.29, 0.717) is 0 Å². The molecule has 1 unspecified atom stereocenters. The monoisotopic (exact) mass is 285 g/mol. The van der Waals surface area contributed by atoms with Crippen LogP contribution in [0.3, 0.4) is 0 Å². The average molecular weight is 285 g/mol. The lowest BCUT2D eigenvalue weighted by molar-refractivity contribution is -0.384. The minimum Gasteiger partial charge on any atom is -0.462 e. The molecule has 0 aliphatic carbocycles. The number of nitrogens with zero attached hydrogens (tertiary/aromatic N) is 1. The molecule has 1 fully saturated rings. The second-order valence-electron chi connectivity index (χ2n) is 4.55. The zero-order chi connectivity index (χ0) is 14.9. The van der Waals surface area contributed by atoms with Crippen LogP contribution in [0.2, 0.25) is 0 Å². The van der Waals surface area contributed by atoms with Crippen molar-refractivity contribution in [1.29, 1.82) is 0 Å². The molecule has 1 saturated heterocycles. The fraction of sp³-hybridized carbons (Fsp3) is 0.500. The number of hydrogen-bond acceptors (Lipinski definition) is 7. The molecule has 1 heterocycles. The summed E-state index contributed by atoms with van der Waals surface area (Å²) in [4.78, 5) is 9.97. The van der Waals surface area contributed by atoms with Crippen LogP contribution in [0.4, 0.5) is 5.69 Å². The van der Waals surface area contributed by atoms with Crippen LogP contribution in [0, 0.1) is 10.1 Å². The second kappa shape index (κ2) is 5.71. The van der Waals surface area contributed by atoms with Crippen molar-refractivity contribution < 1.29 is 29.7 Å². The molecule has 1 aromatic carbocycles.